The highest BCUT2D eigenvalue weighted by atomic mass is 31.1. The topological polar surface area (TPSA) is 34.1 Å². The summed E-state index contributed by atoms with van der Waals surface area (Å²) >= 11 is 0. The van der Waals surface area contributed by atoms with Gasteiger partial charge in [0, 0.05) is 19.0 Å². The van der Waals surface area contributed by atoms with Gasteiger partial charge < -0.3 is 0 Å². The first-order valence-electron chi connectivity index (χ1n) is 11.5. The molecule has 0 amide bonds. The van der Waals surface area contributed by atoms with E-state index >= 15 is 0 Å². The molecule has 9 heteroatoms. The maximum Gasteiger partial charge on any atom is 0.417 e. The number of rotatable bonds is 7. The van der Waals surface area contributed by atoms with Crippen molar-refractivity contribution in [2.45, 2.75) is 67.2 Å². The highest BCUT2D eigenvalue weighted by molar-refractivity contribution is 7.90. The van der Waals surface area contributed by atoms with Gasteiger partial charge in [-0.2, -0.15) is 26.3 Å². The summed E-state index contributed by atoms with van der Waals surface area (Å²) in [5.74, 6) is -0.289. The fourth-order valence-corrected chi connectivity index (χ4v) is 7.12. The van der Waals surface area contributed by atoms with E-state index in [-0.39, 0.29) is 23.1 Å². The molecule has 2 aromatic rings. The summed E-state index contributed by atoms with van der Waals surface area (Å²) in [6.45, 7) is 12.7. The van der Waals surface area contributed by atoms with E-state index in [1.54, 1.807) is 32.9 Å². The molecule has 0 fully saturated rings. The van der Waals surface area contributed by atoms with Crippen LogP contribution in [-0.2, 0) is 12.4 Å². The van der Waals surface area contributed by atoms with Crippen molar-refractivity contribution >= 4 is 19.0 Å². The minimum Gasteiger partial charge on any atom is -0.289 e. The molecular weight excluding hydrogens is 501 g/mol. The maximum absolute atomic E-state index is 13.8. The number of hydrogen-bond acceptors (Lipinski definition) is 2. The molecule has 2 aromatic carbocycles. The first kappa shape index (κ1) is 30.0. The van der Waals surface area contributed by atoms with Gasteiger partial charge in [0.1, 0.15) is 0 Å². The number of carbonyl (C=O) groups excluding carboxylic acids is 2. The molecular formula is C27H31F6O2P. The van der Waals surface area contributed by atoms with Gasteiger partial charge in [-0.25, -0.2) is 0 Å². The fraction of sp³-hybridized carbons (Fsp3) is 0.481. The Labute approximate surface area is 209 Å². The molecule has 0 aromatic heterocycles. The summed E-state index contributed by atoms with van der Waals surface area (Å²) in [4.78, 5) is 27.5. The Balaban J connectivity index is 2.78. The molecule has 36 heavy (non-hydrogen) atoms. The molecule has 0 aliphatic heterocycles. The van der Waals surface area contributed by atoms with E-state index in [1.165, 1.54) is 0 Å². The lowest BCUT2D eigenvalue weighted by atomic mass is 9.86. The van der Waals surface area contributed by atoms with Crippen LogP contribution in [0.1, 0.15) is 82.6 Å². The predicted molar refractivity (Wildman–Crippen MR) is 131 cm³/mol. The number of alkyl halides is 6. The summed E-state index contributed by atoms with van der Waals surface area (Å²) in [6.07, 6.45) is -9.99. The van der Waals surface area contributed by atoms with Gasteiger partial charge in [-0.15, -0.1) is 0 Å². The zero-order valence-electron chi connectivity index (χ0n) is 21.4. The maximum atomic E-state index is 13.8. The highest BCUT2D eigenvalue weighted by Crippen LogP contribution is 2.51. The monoisotopic (exact) mass is 532 g/mol. The SMILES string of the molecule is Cc1cc(C)c(C(=O)P(CC(C)CC(C)(C)C)C(=O)c2c(C(F)(F)F)cccc2C(F)(F)F)c(C)c1. The second-order valence-corrected chi connectivity index (χ2v) is 12.6. The van der Waals surface area contributed by atoms with Crippen molar-refractivity contribution in [3.63, 3.8) is 0 Å². The second kappa shape index (κ2) is 10.6. The Hall–Kier alpha value is -2.21. The molecule has 0 heterocycles. The molecule has 198 valence electrons. The minimum absolute atomic E-state index is 0.111. The summed E-state index contributed by atoms with van der Waals surface area (Å²) in [7, 11) is -2.57. The van der Waals surface area contributed by atoms with Gasteiger partial charge in [-0.3, -0.25) is 9.59 Å². The van der Waals surface area contributed by atoms with Crippen molar-refractivity contribution in [3.05, 3.63) is 69.3 Å². The van der Waals surface area contributed by atoms with Crippen molar-refractivity contribution in [3.8, 4) is 0 Å². The molecule has 0 bridgehead atoms. The van der Waals surface area contributed by atoms with Gasteiger partial charge in [0.15, 0.2) is 11.0 Å². The van der Waals surface area contributed by atoms with Gasteiger partial charge in [-0.1, -0.05) is 51.5 Å². The molecule has 0 spiro atoms. The van der Waals surface area contributed by atoms with Crippen LogP contribution < -0.4 is 0 Å². The Morgan fingerprint density at radius 1 is 0.806 bits per heavy atom. The molecule has 2 unspecified atom stereocenters. The van der Waals surface area contributed by atoms with Crippen molar-refractivity contribution in [2.75, 3.05) is 6.16 Å². The van der Waals surface area contributed by atoms with Crippen LogP contribution in [0.5, 0.6) is 0 Å². The van der Waals surface area contributed by atoms with E-state index in [2.05, 4.69) is 0 Å². The minimum atomic E-state index is -5.21. The van der Waals surface area contributed by atoms with Crippen LogP contribution >= 0.6 is 7.92 Å². The van der Waals surface area contributed by atoms with E-state index in [0.717, 1.165) is 5.56 Å². The van der Waals surface area contributed by atoms with Crippen LogP contribution in [0.4, 0.5) is 26.3 Å². The van der Waals surface area contributed by atoms with Crippen LogP contribution in [0.15, 0.2) is 30.3 Å². The third-order valence-electron chi connectivity index (χ3n) is 5.73. The molecule has 0 saturated carbocycles. The van der Waals surface area contributed by atoms with E-state index in [0.29, 0.717) is 35.7 Å². The second-order valence-electron chi connectivity index (χ2n) is 10.6. The lowest BCUT2D eigenvalue weighted by Crippen LogP contribution is -2.23. The Morgan fingerprint density at radius 2 is 1.22 bits per heavy atom. The average Bonchev–Trinajstić information content (AvgIpc) is 2.67. The molecule has 2 nitrogen and oxygen atoms in total. The molecule has 0 saturated heterocycles. The molecule has 2 rings (SSSR count). The van der Waals surface area contributed by atoms with E-state index < -0.39 is 48.0 Å². The number of carbonyl (C=O) groups is 2. The normalized spacial score (nSPS) is 14.5. The first-order chi connectivity index (χ1) is 16.2. The van der Waals surface area contributed by atoms with Crippen molar-refractivity contribution < 1.29 is 35.9 Å². The zero-order valence-corrected chi connectivity index (χ0v) is 22.3. The predicted octanol–water partition coefficient (Wildman–Crippen LogP) is 9.18. The molecule has 0 radical (unpaired) electrons. The molecule has 2 atom stereocenters. The van der Waals surface area contributed by atoms with Gasteiger partial charge in [0.2, 0.25) is 0 Å². The Morgan fingerprint density at radius 3 is 1.61 bits per heavy atom. The first-order valence-corrected chi connectivity index (χ1v) is 13.0. The molecule has 0 aliphatic carbocycles. The molecule has 0 aliphatic rings. The zero-order chi connectivity index (χ0) is 27.8. The fourth-order valence-electron chi connectivity index (χ4n) is 4.72. The summed E-state index contributed by atoms with van der Waals surface area (Å²) in [5, 5.41) is 0. The number of benzene rings is 2. The smallest absolute Gasteiger partial charge is 0.289 e. The van der Waals surface area contributed by atoms with Gasteiger partial charge in [-0.05, 0) is 67.9 Å². The van der Waals surface area contributed by atoms with Gasteiger partial charge in [0.25, 0.3) is 0 Å². The highest BCUT2D eigenvalue weighted by Gasteiger charge is 2.45. The van der Waals surface area contributed by atoms with Crippen molar-refractivity contribution in [2.24, 2.45) is 11.3 Å². The largest absolute Gasteiger partial charge is 0.417 e. The van der Waals surface area contributed by atoms with E-state index in [9.17, 15) is 35.9 Å². The summed E-state index contributed by atoms with van der Waals surface area (Å²) in [5.41, 5.74) is -5.05. The van der Waals surface area contributed by atoms with E-state index in [4.69, 9.17) is 0 Å². The Kier molecular flexibility index (Phi) is 8.88. The van der Waals surface area contributed by atoms with Crippen LogP contribution in [0.3, 0.4) is 0 Å². The third-order valence-corrected chi connectivity index (χ3v) is 8.14. The third kappa shape index (κ3) is 7.18. The van der Waals surface area contributed by atoms with Crippen molar-refractivity contribution in [1.82, 2.24) is 0 Å². The van der Waals surface area contributed by atoms with Crippen molar-refractivity contribution in [1.29, 1.82) is 0 Å². The number of hydrogen-bond donors (Lipinski definition) is 0. The quantitative estimate of drug-likeness (QED) is 0.263. The lowest BCUT2D eigenvalue weighted by Gasteiger charge is -2.27. The average molecular weight is 533 g/mol. The Bertz CT molecular complexity index is 1090. The standard InChI is InChI=1S/C27H31F6O2P/c1-15-11-17(3)21(18(4)12-15)23(34)36(14-16(2)13-25(5,6)7)24(35)22-19(26(28,29)30)9-8-10-20(22)27(31,32)33/h8-12,16H,13-14H2,1-7H3. The molecule has 0 N–H and O–H groups in total. The van der Waals surface area contributed by atoms with Crippen LogP contribution in [0.25, 0.3) is 0 Å². The lowest BCUT2D eigenvalue weighted by molar-refractivity contribution is -0.143. The summed E-state index contributed by atoms with van der Waals surface area (Å²) in [6, 6.07) is 4.97. The number of aryl methyl sites for hydroxylation is 3. The van der Waals surface area contributed by atoms with Crippen LogP contribution in [0, 0.1) is 32.1 Å². The van der Waals surface area contributed by atoms with Crippen LogP contribution in [-0.4, -0.2) is 17.2 Å². The van der Waals surface area contributed by atoms with Gasteiger partial charge >= 0.3 is 12.4 Å². The van der Waals surface area contributed by atoms with Gasteiger partial charge in [0.05, 0.1) is 11.1 Å². The van der Waals surface area contributed by atoms with Crippen LogP contribution in [0.2, 0.25) is 0 Å². The number of halogens is 6. The summed E-state index contributed by atoms with van der Waals surface area (Å²) < 4.78 is 82.9. The van der Waals surface area contributed by atoms with E-state index in [1.807, 2.05) is 27.7 Å².